The van der Waals surface area contributed by atoms with Gasteiger partial charge in [-0.25, -0.2) is 0 Å². The van der Waals surface area contributed by atoms with E-state index in [2.05, 4.69) is 154 Å². The maximum atomic E-state index is 2.50. The van der Waals surface area contributed by atoms with E-state index in [1.807, 2.05) is 0 Å². The first-order valence-corrected chi connectivity index (χ1v) is 15.0. The van der Waals surface area contributed by atoms with Crippen molar-refractivity contribution in [3.8, 4) is 22.3 Å². The van der Waals surface area contributed by atoms with Crippen molar-refractivity contribution in [3.05, 3.63) is 83.9 Å². The van der Waals surface area contributed by atoms with Gasteiger partial charge in [0.15, 0.2) is 0 Å². The topological polar surface area (TPSA) is 3.24 Å². The van der Waals surface area contributed by atoms with E-state index in [9.17, 15) is 0 Å². The molecule has 3 aromatic rings. The lowest BCUT2D eigenvalue weighted by atomic mass is 9.49. The van der Waals surface area contributed by atoms with Crippen molar-refractivity contribution in [1.82, 2.24) is 4.90 Å². The summed E-state index contributed by atoms with van der Waals surface area (Å²) in [5.41, 5.74) is 8.95. The molecule has 4 rings (SSSR count). The molecule has 0 N–H and O–H groups in total. The molecular formula is C38H53N. The molecule has 0 saturated carbocycles. The highest BCUT2D eigenvalue weighted by molar-refractivity contribution is 5.71. The molecule has 0 spiro atoms. The predicted molar refractivity (Wildman–Crippen MR) is 171 cm³/mol. The zero-order valence-corrected chi connectivity index (χ0v) is 26.7. The van der Waals surface area contributed by atoms with Gasteiger partial charge >= 0.3 is 0 Å². The van der Waals surface area contributed by atoms with Gasteiger partial charge in [-0.1, -0.05) is 142 Å². The summed E-state index contributed by atoms with van der Waals surface area (Å²) >= 11 is 0. The lowest BCUT2D eigenvalue weighted by molar-refractivity contribution is -0.0130. The fraction of sp³-hybridized carbons (Fsp3) is 0.526. The molecule has 39 heavy (non-hydrogen) atoms. The van der Waals surface area contributed by atoms with Crippen LogP contribution >= 0.6 is 0 Å². The molecule has 0 atom stereocenters. The number of nitrogens with zero attached hydrogens (tertiary/aromatic N) is 1. The van der Waals surface area contributed by atoms with Crippen molar-refractivity contribution in [2.75, 3.05) is 20.1 Å². The van der Waals surface area contributed by atoms with Crippen LogP contribution in [0.15, 0.2) is 72.8 Å². The summed E-state index contributed by atoms with van der Waals surface area (Å²) < 4.78 is 0. The highest BCUT2D eigenvalue weighted by Gasteiger charge is 2.52. The average molecular weight is 524 g/mol. The van der Waals surface area contributed by atoms with Gasteiger partial charge in [-0.2, -0.15) is 0 Å². The smallest absolute Gasteiger partial charge is 0.00334 e. The lowest BCUT2D eigenvalue weighted by Gasteiger charge is -2.57. The Morgan fingerprint density at radius 2 is 0.872 bits per heavy atom. The Morgan fingerprint density at radius 1 is 0.513 bits per heavy atom. The van der Waals surface area contributed by atoms with E-state index in [0.717, 1.165) is 13.1 Å². The van der Waals surface area contributed by atoms with Crippen LogP contribution in [0, 0.1) is 16.2 Å². The van der Waals surface area contributed by atoms with Gasteiger partial charge in [0.25, 0.3) is 0 Å². The number of likely N-dealkylation sites (tertiary alicyclic amines) is 1. The summed E-state index contributed by atoms with van der Waals surface area (Å²) in [6.07, 6.45) is 2.43. The molecule has 0 bridgehead atoms. The zero-order chi connectivity index (χ0) is 28.9. The summed E-state index contributed by atoms with van der Waals surface area (Å²) in [7, 11) is 2.27. The normalized spacial score (nSPS) is 17.3. The number of hydrogen-bond donors (Lipinski definition) is 0. The van der Waals surface area contributed by atoms with Crippen LogP contribution in [0.5, 0.6) is 0 Å². The molecule has 1 heteroatoms. The molecule has 1 aliphatic rings. The second-order valence-corrected chi connectivity index (χ2v) is 15.4. The number of piperidine rings is 1. The quantitative estimate of drug-likeness (QED) is 0.321. The van der Waals surface area contributed by atoms with Gasteiger partial charge in [0, 0.05) is 5.41 Å². The van der Waals surface area contributed by atoms with Gasteiger partial charge in [-0.15, -0.1) is 0 Å². The minimum atomic E-state index is 0.121. The van der Waals surface area contributed by atoms with Crippen molar-refractivity contribution >= 4 is 0 Å². The van der Waals surface area contributed by atoms with Gasteiger partial charge in [0.05, 0.1) is 0 Å². The minimum absolute atomic E-state index is 0.121. The number of benzene rings is 3. The minimum Gasteiger partial charge on any atom is -0.306 e. The van der Waals surface area contributed by atoms with Crippen LogP contribution in [-0.2, 0) is 10.8 Å². The van der Waals surface area contributed by atoms with E-state index in [-0.39, 0.29) is 27.1 Å². The van der Waals surface area contributed by atoms with Crippen molar-refractivity contribution in [2.24, 2.45) is 16.2 Å². The van der Waals surface area contributed by atoms with E-state index in [0.29, 0.717) is 0 Å². The molecule has 1 saturated heterocycles. The Hall–Kier alpha value is -2.38. The third-order valence-electron chi connectivity index (χ3n) is 11.4. The lowest BCUT2D eigenvalue weighted by Crippen LogP contribution is -2.54. The fourth-order valence-corrected chi connectivity index (χ4v) is 6.34. The first kappa shape index (κ1) is 29.6. The molecule has 1 fully saturated rings. The highest BCUT2D eigenvalue weighted by Crippen LogP contribution is 2.57. The number of rotatable bonds is 5. The molecule has 0 aromatic heterocycles. The summed E-state index contributed by atoms with van der Waals surface area (Å²) in [6.45, 7) is 26.3. The Bertz CT molecular complexity index is 1230. The van der Waals surface area contributed by atoms with Crippen LogP contribution in [0.25, 0.3) is 22.3 Å². The number of hydrogen-bond acceptors (Lipinski definition) is 1. The monoisotopic (exact) mass is 523 g/mol. The average Bonchev–Trinajstić information content (AvgIpc) is 2.88. The maximum absolute atomic E-state index is 2.50. The predicted octanol–water partition coefficient (Wildman–Crippen LogP) is 10.4. The van der Waals surface area contributed by atoms with Crippen LogP contribution < -0.4 is 0 Å². The Kier molecular flexibility index (Phi) is 7.76. The zero-order valence-electron chi connectivity index (χ0n) is 26.7. The Balaban J connectivity index is 1.58. The van der Waals surface area contributed by atoms with Crippen molar-refractivity contribution in [1.29, 1.82) is 0 Å². The third-order valence-corrected chi connectivity index (χ3v) is 11.4. The standard InChI is InChI=1S/C38H53N/c1-34(2,3)36(7,8)32-20-16-30(17-21-32)28-12-14-29(15-13-28)31-18-22-33(23-19-31)38(24-26-39(11)27-25-38)37(9,10)35(4,5)6/h12-23H,24-27H2,1-11H3. The van der Waals surface area contributed by atoms with Crippen molar-refractivity contribution in [3.63, 3.8) is 0 Å². The first-order chi connectivity index (χ1) is 18.0. The Labute approximate surface area is 240 Å². The summed E-state index contributed by atoms with van der Waals surface area (Å²) in [5.74, 6) is 0. The molecule has 0 aliphatic carbocycles. The highest BCUT2D eigenvalue weighted by atomic mass is 15.1. The summed E-state index contributed by atoms with van der Waals surface area (Å²) in [5, 5.41) is 0. The fourth-order valence-electron chi connectivity index (χ4n) is 6.34. The van der Waals surface area contributed by atoms with E-state index < -0.39 is 0 Å². The SMILES string of the molecule is CN1CCC(c2ccc(-c3ccc(-c4ccc(C(C)(C)C(C)(C)C)cc4)cc3)cc2)(C(C)(C)C(C)(C)C)CC1. The van der Waals surface area contributed by atoms with Crippen LogP contribution in [0.1, 0.15) is 93.2 Å². The van der Waals surface area contributed by atoms with Crippen LogP contribution in [0.3, 0.4) is 0 Å². The maximum Gasteiger partial charge on any atom is 0.00334 e. The summed E-state index contributed by atoms with van der Waals surface area (Å²) in [4.78, 5) is 2.49. The molecular weight excluding hydrogens is 470 g/mol. The molecule has 0 radical (unpaired) electrons. The van der Waals surface area contributed by atoms with Crippen molar-refractivity contribution < 1.29 is 0 Å². The first-order valence-electron chi connectivity index (χ1n) is 15.0. The summed E-state index contributed by atoms with van der Waals surface area (Å²) in [6, 6.07) is 27.9. The van der Waals surface area contributed by atoms with Crippen LogP contribution in [0.4, 0.5) is 0 Å². The molecule has 0 amide bonds. The van der Waals surface area contributed by atoms with Crippen molar-refractivity contribution in [2.45, 2.75) is 92.9 Å². The third kappa shape index (κ3) is 5.37. The second-order valence-electron chi connectivity index (χ2n) is 15.4. The van der Waals surface area contributed by atoms with Crippen LogP contribution in [0.2, 0.25) is 0 Å². The van der Waals surface area contributed by atoms with Crippen LogP contribution in [-0.4, -0.2) is 25.0 Å². The molecule has 3 aromatic carbocycles. The van der Waals surface area contributed by atoms with Gasteiger partial charge < -0.3 is 4.90 Å². The van der Waals surface area contributed by atoms with E-state index in [1.165, 1.54) is 46.2 Å². The van der Waals surface area contributed by atoms with E-state index >= 15 is 0 Å². The molecule has 1 aliphatic heterocycles. The largest absolute Gasteiger partial charge is 0.306 e. The van der Waals surface area contributed by atoms with E-state index in [1.54, 1.807) is 0 Å². The molecule has 1 heterocycles. The van der Waals surface area contributed by atoms with Gasteiger partial charge in [0.2, 0.25) is 0 Å². The molecule has 1 nitrogen and oxygen atoms in total. The Morgan fingerprint density at radius 3 is 1.23 bits per heavy atom. The molecule has 0 unspecified atom stereocenters. The molecule has 210 valence electrons. The second kappa shape index (κ2) is 10.2. The van der Waals surface area contributed by atoms with Gasteiger partial charge in [-0.3, -0.25) is 0 Å². The van der Waals surface area contributed by atoms with E-state index in [4.69, 9.17) is 0 Å². The van der Waals surface area contributed by atoms with Gasteiger partial charge in [0.1, 0.15) is 0 Å². The van der Waals surface area contributed by atoms with Gasteiger partial charge in [-0.05, 0) is 88.0 Å².